The summed E-state index contributed by atoms with van der Waals surface area (Å²) in [4.78, 5) is 3.96. The molecule has 0 atom stereocenters. The Bertz CT molecular complexity index is 459. The second-order valence-electron chi connectivity index (χ2n) is 2.39. The van der Waals surface area contributed by atoms with Crippen LogP contribution in [0.1, 0.15) is 4.11 Å². The van der Waals surface area contributed by atoms with Gasteiger partial charge in [-0.05, 0) is 12.1 Å². The molecule has 1 heterocycles. The second-order valence-corrected chi connectivity index (χ2v) is 2.39. The normalized spacial score (nSPS) is 13.2. The summed E-state index contributed by atoms with van der Waals surface area (Å²) in [6.45, 7) is 0. The quantitative estimate of drug-likeness (QED) is 0.621. The van der Waals surface area contributed by atoms with E-state index < -0.39 is 0 Å². The van der Waals surface area contributed by atoms with Crippen molar-refractivity contribution >= 4 is 0 Å². The van der Waals surface area contributed by atoms with Crippen LogP contribution in [0.25, 0.3) is 11.3 Å². The highest BCUT2D eigenvalue weighted by Crippen LogP contribution is 2.14. The standard InChI is InChI=1S/C11H9N/c1-2-6-10(7-3-1)11-8-4-5-9-12-11/h1-9H/i4D,5D,9D. The van der Waals surface area contributed by atoms with Crippen LogP contribution in [0.5, 0.6) is 0 Å². The number of pyridine rings is 1. The van der Waals surface area contributed by atoms with E-state index in [1.54, 1.807) is 0 Å². The molecule has 0 spiro atoms. The molecule has 0 unspecified atom stereocenters. The summed E-state index contributed by atoms with van der Waals surface area (Å²) in [7, 11) is 0. The third-order valence-corrected chi connectivity index (χ3v) is 1.58. The van der Waals surface area contributed by atoms with Crippen molar-refractivity contribution in [2.24, 2.45) is 0 Å². The van der Waals surface area contributed by atoms with Crippen molar-refractivity contribution in [1.82, 2.24) is 4.98 Å². The first-order valence-electron chi connectivity index (χ1n) is 5.19. The van der Waals surface area contributed by atoms with Crippen LogP contribution >= 0.6 is 0 Å². The van der Waals surface area contributed by atoms with Crippen LogP contribution in [0.15, 0.2) is 54.7 Å². The van der Waals surface area contributed by atoms with Gasteiger partial charge in [-0.25, -0.2) is 0 Å². The molecule has 0 aliphatic heterocycles. The lowest BCUT2D eigenvalue weighted by atomic mass is 10.1. The van der Waals surface area contributed by atoms with Gasteiger partial charge in [-0.15, -0.1) is 0 Å². The van der Waals surface area contributed by atoms with E-state index >= 15 is 0 Å². The first-order valence-corrected chi connectivity index (χ1v) is 3.69. The lowest BCUT2D eigenvalue weighted by Crippen LogP contribution is -1.79. The van der Waals surface area contributed by atoms with Gasteiger partial charge >= 0.3 is 0 Å². The van der Waals surface area contributed by atoms with Gasteiger partial charge in [0.1, 0.15) is 0 Å². The largest absolute Gasteiger partial charge is 0.256 e. The van der Waals surface area contributed by atoms with Crippen molar-refractivity contribution in [2.75, 3.05) is 0 Å². The molecule has 1 aromatic heterocycles. The number of hydrogen-bond donors (Lipinski definition) is 0. The molecule has 0 amide bonds. The van der Waals surface area contributed by atoms with Crippen molar-refractivity contribution in [1.29, 1.82) is 0 Å². The highest BCUT2D eigenvalue weighted by molar-refractivity contribution is 5.58. The van der Waals surface area contributed by atoms with Crippen LogP contribution in [-0.4, -0.2) is 4.98 Å². The van der Waals surface area contributed by atoms with Crippen LogP contribution in [0.4, 0.5) is 0 Å². The molecule has 58 valence electrons. The van der Waals surface area contributed by atoms with E-state index in [9.17, 15) is 0 Å². The molecular formula is C11H9N. The zero-order valence-corrected chi connectivity index (χ0v) is 6.41. The Labute approximate surface area is 75.9 Å². The summed E-state index contributed by atoms with van der Waals surface area (Å²) >= 11 is 0. The Kier molecular flexibility index (Phi) is 1.17. The monoisotopic (exact) mass is 158 g/mol. The topological polar surface area (TPSA) is 12.9 Å². The Morgan fingerprint density at radius 3 is 2.58 bits per heavy atom. The first-order chi connectivity index (χ1) is 7.18. The minimum absolute atomic E-state index is 0.0360. The minimum atomic E-state index is -0.152. The molecule has 0 saturated heterocycles. The first kappa shape index (κ1) is 4.41. The maximum atomic E-state index is 7.50. The summed E-state index contributed by atoms with van der Waals surface area (Å²) in [5.74, 6) is 0. The highest BCUT2D eigenvalue weighted by Gasteiger charge is 1.93. The van der Waals surface area contributed by atoms with Gasteiger partial charge in [-0.1, -0.05) is 36.4 Å². The van der Waals surface area contributed by atoms with Crippen LogP contribution < -0.4 is 0 Å². The number of benzene rings is 1. The molecule has 2 aromatic rings. The summed E-state index contributed by atoms with van der Waals surface area (Å²) in [5, 5.41) is 0. The van der Waals surface area contributed by atoms with Crippen molar-refractivity contribution < 1.29 is 4.11 Å². The molecule has 0 radical (unpaired) electrons. The summed E-state index contributed by atoms with van der Waals surface area (Å²) < 4.78 is 22.3. The molecule has 0 N–H and O–H groups in total. The fourth-order valence-corrected chi connectivity index (χ4v) is 1.01. The lowest BCUT2D eigenvalue weighted by molar-refractivity contribution is 1.33. The van der Waals surface area contributed by atoms with Crippen LogP contribution in [0.3, 0.4) is 0 Å². The summed E-state index contributed by atoms with van der Waals surface area (Å²) in [6, 6.07) is 10.8. The number of aromatic nitrogens is 1. The Balaban J connectivity index is 2.56. The van der Waals surface area contributed by atoms with Gasteiger partial charge in [0.05, 0.1) is 9.81 Å². The maximum Gasteiger partial charge on any atom is 0.0840 e. The fraction of sp³-hybridized carbons (Fsp3) is 0. The molecule has 0 aliphatic rings. The highest BCUT2D eigenvalue weighted by atomic mass is 14.7. The molecule has 1 heteroatoms. The molecule has 12 heavy (non-hydrogen) atoms. The zero-order valence-electron chi connectivity index (χ0n) is 9.41. The lowest BCUT2D eigenvalue weighted by Gasteiger charge is -1.97. The molecule has 2 rings (SSSR count). The van der Waals surface area contributed by atoms with E-state index in [-0.39, 0.29) is 18.3 Å². The predicted octanol–water partition coefficient (Wildman–Crippen LogP) is 2.75. The summed E-state index contributed by atoms with van der Waals surface area (Å²) in [5.41, 5.74) is 1.43. The third-order valence-electron chi connectivity index (χ3n) is 1.58. The van der Waals surface area contributed by atoms with Crippen molar-refractivity contribution in [3.05, 3.63) is 54.7 Å². The molecular weight excluding hydrogens is 146 g/mol. The Morgan fingerprint density at radius 2 is 1.83 bits per heavy atom. The maximum absolute atomic E-state index is 7.50. The fourth-order valence-electron chi connectivity index (χ4n) is 1.01. The zero-order chi connectivity index (χ0) is 10.8. The van der Waals surface area contributed by atoms with Crippen molar-refractivity contribution in [2.45, 2.75) is 0 Å². The molecule has 0 saturated carbocycles. The average Bonchev–Trinajstić information content (AvgIpc) is 2.26. The van der Waals surface area contributed by atoms with Gasteiger partial charge in [0.2, 0.25) is 0 Å². The molecule has 1 nitrogen and oxygen atoms in total. The Morgan fingerprint density at radius 1 is 1.00 bits per heavy atom. The van der Waals surface area contributed by atoms with Crippen LogP contribution in [0, 0.1) is 0 Å². The van der Waals surface area contributed by atoms with Crippen LogP contribution in [-0.2, 0) is 0 Å². The van der Waals surface area contributed by atoms with Gasteiger partial charge in [-0.2, -0.15) is 0 Å². The molecule has 0 bridgehead atoms. The third kappa shape index (κ3) is 1.35. The van der Waals surface area contributed by atoms with Gasteiger partial charge < -0.3 is 0 Å². The van der Waals surface area contributed by atoms with Gasteiger partial charge in [0.15, 0.2) is 0 Å². The van der Waals surface area contributed by atoms with Gasteiger partial charge in [0, 0.05) is 11.7 Å². The van der Waals surface area contributed by atoms with Crippen molar-refractivity contribution in [3.8, 4) is 11.3 Å². The SMILES string of the molecule is [2H]c1cc(-c2ccccc2)nc([2H])c1[2H]. The van der Waals surface area contributed by atoms with E-state index in [0.29, 0.717) is 5.69 Å². The van der Waals surface area contributed by atoms with E-state index in [0.717, 1.165) is 5.56 Å². The molecule has 0 aliphatic carbocycles. The van der Waals surface area contributed by atoms with E-state index in [1.165, 1.54) is 6.07 Å². The van der Waals surface area contributed by atoms with E-state index in [2.05, 4.69) is 4.98 Å². The number of nitrogens with zero attached hydrogens (tertiary/aromatic N) is 1. The minimum Gasteiger partial charge on any atom is -0.256 e. The Hall–Kier alpha value is -1.63. The van der Waals surface area contributed by atoms with Gasteiger partial charge in [-0.3, -0.25) is 4.98 Å². The number of hydrogen-bond acceptors (Lipinski definition) is 1. The smallest absolute Gasteiger partial charge is 0.0840 e. The average molecular weight is 158 g/mol. The van der Waals surface area contributed by atoms with Crippen LogP contribution in [0.2, 0.25) is 0 Å². The predicted molar refractivity (Wildman–Crippen MR) is 49.7 cm³/mol. The number of rotatable bonds is 1. The van der Waals surface area contributed by atoms with Crippen molar-refractivity contribution in [3.63, 3.8) is 0 Å². The van der Waals surface area contributed by atoms with Gasteiger partial charge in [0.25, 0.3) is 0 Å². The van der Waals surface area contributed by atoms with E-state index in [4.69, 9.17) is 4.11 Å². The second kappa shape index (κ2) is 3.18. The molecule has 0 fully saturated rings. The summed E-state index contributed by atoms with van der Waals surface area (Å²) in [6.07, 6.45) is -0.152. The van der Waals surface area contributed by atoms with E-state index in [1.807, 2.05) is 30.3 Å². The molecule has 1 aromatic carbocycles.